The minimum Gasteiger partial charge on any atom is -0.496 e. The molecule has 1 N–H and O–H groups in total. The van der Waals surface area contributed by atoms with Crippen LogP contribution in [-0.4, -0.2) is 30.5 Å². The van der Waals surface area contributed by atoms with Crippen LogP contribution in [0.4, 0.5) is 0 Å². The molecule has 0 saturated carbocycles. The number of hydrogen-bond donors (Lipinski definition) is 1. The summed E-state index contributed by atoms with van der Waals surface area (Å²) in [5.74, 6) is 1.13. The molecule has 0 bridgehead atoms. The molecule has 0 heterocycles. The number of thioether (sulfide) groups is 1. The Morgan fingerprint density at radius 1 is 0.829 bits per heavy atom. The third-order valence-electron chi connectivity index (χ3n) is 5.42. The van der Waals surface area contributed by atoms with Gasteiger partial charge in [0.25, 0.3) is 0 Å². The van der Waals surface area contributed by atoms with Gasteiger partial charge in [0.05, 0.1) is 7.11 Å². The highest BCUT2D eigenvalue weighted by atomic mass is 32.2. The number of aliphatic carboxylic acids is 1. The Kier molecular flexibility index (Phi) is 8.25. The predicted molar refractivity (Wildman–Crippen MR) is 142 cm³/mol. The van der Waals surface area contributed by atoms with Crippen LogP contribution in [0.1, 0.15) is 11.1 Å². The molecule has 5 heteroatoms. The summed E-state index contributed by atoms with van der Waals surface area (Å²) in [5, 5.41) is 8.75. The molecule has 0 amide bonds. The summed E-state index contributed by atoms with van der Waals surface area (Å²) in [6, 6.07) is 34.4. The summed E-state index contributed by atoms with van der Waals surface area (Å²) in [4.78, 5) is 11.7. The highest BCUT2D eigenvalue weighted by molar-refractivity contribution is 7.99. The average Bonchev–Trinajstić information content (AvgIpc) is 2.91. The van der Waals surface area contributed by atoms with E-state index in [2.05, 4.69) is 48.5 Å². The number of carboxylic acids is 1. The first-order valence-corrected chi connectivity index (χ1v) is 12.2. The number of carbonyl (C=O) groups is 1. The Morgan fingerprint density at radius 3 is 2.17 bits per heavy atom. The van der Waals surface area contributed by atoms with Gasteiger partial charge in [-0.1, -0.05) is 78.9 Å². The van der Waals surface area contributed by atoms with Crippen LogP contribution in [0, 0.1) is 0 Å². The van der Waals surface area contributed by atoms with E-state index in [1.807, 2.05) is 48.5 Å². The van der Waals surface area contributed by atoms with E-state index in [-0.39, 0.29) is 6.61 Å². The van der Waals surface area contributed by atoms with Crippen molar-refractivity contribution < 1.29 is 19.4 Å². The molecule has 4 rings (SSSR count). The molecule has 0 atom stereocenters. The van der Waals surface area contributed by atoms with E-state index in [4.69, 9.17) is 14.6 Å². The fourth-order valence-electron chi connectivity index (χ4n) is 3.72. The molecule has 4 aromatic carbocycles. The van der Waals surface area contributed by atoms with Crippen LogP contribution in [0.3, 0.4) is 0 Å². The Balaban J connectivity index is 1.56. The highest BCUT2D eigenvalue weighted by Crippen LogP contribution is 2.33. The zero-order valence-corrected chi connectivity index (χ0v) is 20.2. The molecule has 0 aliphatic heterocycles. The van der Waals surface area contributed by atoms with Gasteiger partial charge in [0.1, 0.15) is 11.5 Å². The number of hydrogen-bond acceptors (Lipinski definition) is 4. The van der Waals surface area contributed by atoms with Crippen molar-refractivity contribution in [3.05, 3.63) is 120 Å². The van der Waals surface area contributed by atoms with Crippen LogP contribution in [0.2, 0.25) is 0 Å². The summed E-state index contributed by atoms with van der Waals surface area (Å²) < 4.78 is 10.9. The Bertz CT molecular complexity index is 1280. The molecule has 4 nitrogen and oxygen atoms in total. The molecular weight excluding hydrogens is 456 g/mol. The van der Waals surface area contributed by atoms with Crippen molar-refractivity contribution in [2.24, 2.45) is 0 Å². The third kappa shape index (κ3) is 6.55. The van der Waals surface area contributed by atoms with Gasteiger partial charge in [-0.2, -0.15) is 0 Å². The summed E-state index contributed by atoms with van der Waals surface area (Å²) in [6.07, 6.45) is 2.22. The maximum Gasteiger partial charge on any atom is 0.341 e. The number of methoxy groups -OCH3 is 1. The standard InChI is InChI=1S/C30H26O4S/c1-33-29-10-6-5-9-28(29)27(24-13-11-23(12-14-24)22-7-3-2-4-8-22)19-20-35-26-17-15-25(16-18-26)34-21-30(31)32/h2-19H,20-21H2,1H3,(H,31,32). The molecule has 35 heavy (non-hydrogen) atoms. The molecular formula is C30H26O4S. The second-order valence-corrected chi connectivity index (χ2v) is 8.82. The van der Waals surface area contributed by atoms with Gasteiger partial charge in [0, 0.05) is 16.2 Å². The summed E-state index contributed by atoms with van der Waals surface area (Å²) >= 11 is 1.70. The SMILES string of the molecule is COc1ccccc1C(=CCSc1ccc(OCC(=O)O)cc1)c1ccc(-c2ccccc2)cc1. The van der Waals surface area contributed by atoms with Gasteiger partial charge in [-0.3, -0.25) is 0 Å². The molecule has 4 aromatic rings. The lowest BCUT2D eigenvalue weighted by atomic mass is 9.95. The smallest absolute Gasteiger partial charge is 0.341 e. The fourth-order valence-corrected chi connectivity index (χ4v) is 4.49. The number of carboxylic acid groups (broad SMARTS) is 1. The molecule has 0 spiro atoms. The van der Waals surface area contributed by atoms with Gasteiger partial charge in [0.2, 0.25) is 0 Å². The zero-order valence-electron chi connectivity index (χ0n) is 19.4. The van der Waals surface area contributed by atoms with Crippen molar-refractivity contribution in [1.82, 2.24) is 0 Å². The lowest BCUT2D eigenvalue weighted by molar-refractivity contribution is -0.139. The second kappa shape index (κ2) is 12.0. The number of para-hydroxylation sites is 1. The normalized spacial score (nSPS) is 11.2. The maximum atomic E-state index is 10.7. The monoisotopic (exact) mass is 482 g/mol. The predicted octanol–water partition coefficient (Wildman–Crippen LogP) is 7.05. The molecule has 0 aromatic heterocycles. The first kappa shape index (κ1) is 24.2. The molecule has 0 saturated heterocycles. The maximum absolute atomic E-state index is 10.7. The van der Waals surface area contributed by atoms with Crippen molar-refractivity contribution in [1.29, 1.82) is 0 Å². The van der Waals surface area contributed by atoms with Crippen LogP contribution in [-0.2, 0) is 4.79 Å². The van der Waals surface area contributed by atoms with Gasteiger partial charge in [-0.05, 0) is 52.6 Å². The van der Waals surface area contributed by atoms with Crippen molar-refractivity contribution in [3.8, 4) is 22.6 Å². The number of rotatable bonds is 10. The van der Waals surface area contributed by atoms with E-state index in [1.54, 1.807) is 31.0 Å². The average molecular weight is 483 g/mol. The van der Waals surface area contributed by atoms with Gasteiger partial charge in [0.15, 0.2) is 6.61 Å². The number of ether oxygens (including phenoxy) is 2. The van der Waals surface area contributed by atoms with Gasteiger partial charge in [-0.25, -0.2) is 4.79 Å². The van der Waals surface area contributed by atoms with E-state index >= 15 is 0 Å². The molecule has 0 radical (unpaired) electrons. The summed E-state index contributed by atoms with van der Waals surface area (Å²) in [7, 11) is 1.69. The second-order valence-electron chi connectivity index (χ2n) is 7.73. The van der Waals surface area contributed by atoms with Crippen molar-refractivity contribution in [3.63, 3.8) is 0 Å². The van der Waals surface area contributed by atoms with E-state index in [1.165, 1.54) is 11.1 Å². The lowest BCUT2D eigenvalue weighted by Crippen LogP contribution is -2.09. The molecule has 0 unspecified atom stereocenters. The number of benzene rings is 4. The molecule has 0 aliphatic rings. The van der Waals surface area contributed by atoms with E-state index in [0.717, 1.165) is 33.1 Å². The van der Waals surface area contributed by atoms with Crippen LogP contribution < -0.4 is 9.47 Å². The van der Waals surface area contributed by atoms with Crippen LogP contribution in [0.5, 0.6) is 11.5 Å². The fraction of sp³-hybridized carbons (Fsp3) is 0.100. The van der Waals surface area contributed by atoms with E-state index in [0.29, 0.717) is 5.75 Å². The Labute approximate surface area is 209 Å². The Hall–Kier alpha value is -3.96. The van der Waals surface area contributed by atoms with Crippen molar-refractivity contribution in [2.45, 2.75) is 4.90 Å². The van der Waals surface area contributed by atoms with Crippen LogP contribution in [0.15, 0.2) is 114 Å². The van der Waals surface area contributed by atoms with Crippen LogP contribution >= 0.6 is 11.8 Å². The topological polar surface area (TPSA) is 55.8 Å². The first-order valence-electron chi connectivity index (χ1n) is 11.2. The van der Waals surface area contributed by atoms with E-state index < -0.39 is 5.97 Å². The molecule has 176 valence electrons. The summed E-state index contributed by atoms with van der Waals surface area (Å²) in [5.41, 5.74) is 5.63. The molecule has 0 aliphatic carbocycles. The van der Waals surface area contributed by atoms with Gasteiger partial charge in [-0.15, -0.1) is 11.8 Å². The summed E-state index contributed by atoms with van der Waals surface area (Å²) in [6.45, 7) is -0.347. The lowest BCUT2D eigenvalue weighted by Gasteiger charge is -2.14. The third-order valence-corrected chi connectivity index (χ3v) is 6.36. The largest absolute Gasteiger partial charge is 0.496 e. The van der Waals surface area contributed by atoms with Crippen molar-refractivity contribution in [2.75, 3.05) is 19.5 Å². The first-order chi connectivity index (χ1) is 17.1. The zero-order chi connectivity index (χ0) is 24.5. The van der Waals surface area contributed by atoms with Gasteiger partial charge < -0.3 is 14.6 Å². The van der Waals surface area contributed by atoms with E-state index in [9.17, 15) is 4.79 Å². The Morgan fingerprint density at radius 2 is 1.49 bits per heavy atom. The van der Waals surface area contributed by atoms with Crippen molar-refractivity contribution >= 4 is 23.3 Å². The highest BCUT2D eigenvalue weighted by Gasteiger charge is 2.11. The van der Waals surface area contributed by atoms with Gasteiger partial charge >= 0.3 is 5.97 Å². The minimum atomic E-state index is -0.991. The van der Waals surface area contributed by atoms with Crippen LogP contribution in [0.25, 0.3) is 16.7 Å². The molecule has 0 fully saturated rings. The minimum absolute atomic E-state index is 0.347. The quantitative estimate of drug-likeness (QED) is 0.246.